The summed E-state index contributed by atoms with van der Waals surface area (Å²) in [6.07, 6.45) is -0.144. The fraction of sp³-hybridized carbons (Fsp3) is 0.286. The molecule has 2 aliphatic heterocycles. The van der Waals surface area contributed by atoms with Crippen LogP contribution in [0.1, 0.15) is 31.9 Å². The number of imide groups is 1. The number of hydrogen-bond donors (Lipinski definition) is 0. The molecule has 3 atom stereocenters. The molecule has 3 aromatic rings. The van der Waals surface area contributed by atoms with Crippen molar-refractivity contribution < 1.29 is 23.9 Å². The Hall–Kier alpha value is -3.26. The monoisotopic (exact) mass is 540 g/mol. The van der Waals surface area contributed by atoms with Gasteiger partial charge in [0.1, 0.15) is 5.92 Å². The lowest BCUT2D eigenvalue weighted by Gasteiger charge is -2.29. The molecular formula is C28H26Cl2N2O5. The Morgan fingerprint density at radius 1 is 0.838 bits per heavy atom. The molecule has 2 fully saturated rings. The Bertz CT molecular complexity index is 1320. The van der Waals surface area contributed by atoms with Crippen molar-refractivity contribution in [3.63, 3.8) is 0 Å². The molecular weight excluding hydrogens is 515 g/mol. The normalized spacial score (nSPS) is 20.9. The number of anilines is 2. The van der Waals surface area contributed by atoms with Gasteiger partial charge in [-0.25, -0.2) is 9.96 Å². The number of rotatable bonds is 8. The molecule has 0 aromatic heterocycles. The van der Waals surface area contributed by atoms with Crippen molar-refractivity contribution in [2.75, 3.05) is 23.2 Å². The van der Waals surface area contributed by atoms with E-state index in [-0.39, 0.29) is 10.9 Å². The van der Waals surface area contributed by atoms with E-state index in [0.717, 1.165) is 22.6 Å². The van der Waals surface area contributed by atoms with Crippen molar-refractivity contribution in [2.45, 2.75) is 32.4 Å². The summed E-state index contributed by atoms with van der Waals surface area (Å²) >= 11 is 12.2. The van der Waals surface area contributed by atoms with Crippen LogP contribution in [-0.4, -0.2) is 31.1 Å². The summed E-state index contributed by atoms with van der Waals surface area (Å²) in [4.78, 5) is 34.7. The first kappa shape index (κ1) is 25.4. The van der Waals surface area contributed by atoms with E-state index in [9.17, 15) is 9.59 Å². The summed E-state index contributed by atoms with van der Waals surface area (Å²) < 4.78 is 11.7. The number of amides is 2. The predicted molar refractivity (Wildman–Crippen MR) is 142 cm³/mol. The number of nitrogens with zero attached hydrogens (tertiary/aromatic N) is 2. The maximum Gasteiger partial charge on any atom is 0.266 e. The Labute approximate surface area is 225 Å². The number of carbonyl (C=O) groups excluding carboxylic acids is 2. The van der Waals surface area contributed by atoms with Crippen LogP contribution in [0.5, 0.6) is 11.5 Å². The van der Waals surface area contributed by atoms with Crippen LogP contribution in [0.2, 0.25) is 10.0 Å². The summed E-state index contributed by atoms with van der Waals surface area (Å²) in [7, 11) is 0. The second-order valence-electron chi connectivity index (χ2n) is 8.76. The van der Waals surface area contributed by atoms with Gasteiger partial charge in [-0.05, 0) is 61.4 Å². The molecule has 0 radical (unpaired) electrons. The fourth-order valence-electron chi connectivity index (χ4n) is 4.74. The maximum absolute atomic E-state index is 13.8. The molecule has 2 heterocycles. The van der Waals surface area contributed by atoms with E-state index < -0.39 is 24.0 Å². The number of carbonyl (C=O) groups is 2. The molecule has 3 aromatic carbocycles. The summed E-state index contributed by atoms with van der Waals surface area (Å²) in [5.74, 6) is -0.423. The van der Waals surface area contributed by atoms with E-state index in [1.54, 1.807) is 17.2 Å². The molecule has 0 unspecified atom stereocenters. The minimum absolute atomic E-state index is 0.254. The third-order valence-electron chi connectivity index (χ3n) is 6.36. The number of ether oxygens (including phenoxy) is 2. The van der Waals surface area contributed by atoms with Crippen LogP contribution in [0, 0.1) is 5.92 Å². The van der Waals surface area contributed by atoms with Crippen LogP contribution in [0.4, 0.5) is 11.4 Å². The van der Waals surface area contributed by atoms with E-state index in [2.05, 4.69) is 0 Å². The van der Waals surface area contributed by atoms with Gasteiger partial charge in [-0.3, -0.25) is 14.4 Å². The average Bonchev–Trinajstić information content (AvgIpc) is 3.41. The van der Waals surface area contributed by atoms with Crippen LogP contribution in [0.25, 0.3) is 0 Å². The zero-order valence-electron chi connectivity index (χ0n) is 20.4. The standard InChI is InChI=1S/C28H26Cl2N2O5/c1-3-14-36-22-13-10-17(15-23(22)35-4-2)25-24-26(37-32(25)18-8-6-5-7-9-18)28(34)31(27(24)33)19-11-12-20(29)21(30)16-19/h5-13,15-16,24-26H,3-4,14H2,1-2H3/t24-,25-,26-/m1/s1. The van der Waals surface area contributed by atoms with Gasteiger partial charge in [-0.1, -0.05) is 54.4 Å². The molecule has 0 aliphatic carbocycles. The average molecular weight is 541 g/mol. The highest BCUT2D eigenvalue weighted by atomic mass is 35.5. The van der Waals surface area contributed by atoms with Crippen LogP contribution < -0.4 is 19.4 Å². The Balaban J connectivity index is 1.57. The molecule has 37 heavy (non-hydrogen) atoms. The SMILES string of the molecule is CCCOc1ccc([C@@H]2[C@H]3C(=O)N(c4ccc(Cl)c(Cl)c4)C(=O)[C@@H]3ON2c2ccccc2)cc1OCC. The highest BCUT2D eigenvalue weighted by molar-refractivity contribution is 6.42. The van der Waals surface area contributed by atoms with Crippen molar-refractivity contribution in [1.29, 1.82) is 0 Å². The van der Waals surface area contributed by atoms with Crippen LogP contribution in [0.3, 0.4) is 0 Å². The molecule has 192 valence electrons. The third-order valence-corrected chi connectivity index (χ3v) is 7.10. The van der Waals surface area contributed by atoms with Crippen molar-refractivity contribution in [1.82, 2.24) is 0 Å². The third kappa shape index (κ3) is 4.63. The van der Waals surface area contributed by atoms with Crippen LogP contribution in [0.15, 0.2) is 66.7 Å². The van der Waals surface area contributed by atoms with Gasteiger partial charge in [-0.2, -0.15) is 0 Å². The van der Waals surface area contributed by atoms with Gasteiger partial charge in [0.2, 0.25) is 5.91 Å². The van der Waals surface area contributed by atoms with E-state index in [0.29, 0.717) is 35.4 Å². The predicted octanol–water partition coefficient (Wildman–Crippen LogP) is 6.23. The van der Waals surface area contributed by atoms with Crippen molar-refractivity contribution in [3.05, 3.63) is 82.3 Å². The van der Waals surface area contributed by atoms with E-state index in [1.807, 2.05) is 62.4 Å². The molecule has 0 saturated carbocycles. The molecule has 0 bridgehead atoms. The van der Waals surface area contributed by atoms with E-state index in [4.69, 9.17) is 37.5 Å². The van der Waals surface area contributed by atoms with Crippen molar-refractivity contribution >= 4 is 46.4 Å². The van der Waals surface area contributed by atoms with Gasteiger partial charge in [0.05, 0.1) is 40.7 Å². The lowest BCUT2D eigenvalue weighted by Crippen LogP contribution is -2.37. The summed E-state index contributed by atoms with van der Waals surface area (Å²) in [6, 6.07) is 19.1. The Morgan fingerprint density at radius 2 is 1.62 bits per heavy atom. The maximum atomic E-state index is 13.8. The Morgan fingerprint density at radius 3 is 2.32 bits per heavy atom. The van der Waals surface area contributed by atoms with Gasteiger partial charge in [0.15, 0.2) is 17.6 Å². The second kappa shape index (κ2) is 10.6. The van der Waals surface area contributed by atoms with E-state index in [1.165, 1.54) is 6.07 Å². The van der Waals surface area contributed by atoms with Gasteiger partial charge < -0.3 is 9.47 Å². The minimum atomic E-state index is -1.00. The second-order valence-corrected chi connectivity index (χ2v) is 9.57. The first-order chi connectivity index (χ1) is 17.9. The van der Waals surface area contributed by atoms with Crippen LogP contribution >= 0.6 is 23.2 Å². The first-order valence-electron chi connectivity index (χ1n) is 12.2. The van der Waals surface area contributed by atoms with Crippen molar-refractivity contribution in [3.8, 4) is 11.5 Å². The van der Waals surface area contributed by atoms with E-state index >= 15 is 0 Å². The molecule has 9 heteroatoms. The molecule has 2 aliphatic rings. The molecule has 0 N–H and O–H groups in total. The number of hydroxylamine groups is 1. The largest absolute Gasteiger partial charge is 0.490 e. The number of halogens is 2. The van der Waals surface area contributed by atoms with Gasteiger partial charge >= 0.3 is 0 Å². The lowest BCUT2D eigenvalue weighted by molar-refractivity contribution is -0.126. The quantitative estimate of drug-likeness (QED) is 0.315. The number of para-hydroxylation sites is 1. The summed E-state index contributed by atoms with van der Waals surface area (Å²) in [5.41, 5.74) is 1.85. The molecule has 5 rings (SSSR count). The zero-order chi connectivity index (χ0) is 26.1. The number of benzene rings is 3. The highest BCUT2D eigenvalue weighted by Gasteiger charge is 2.60. The van der Waals surface area contributed by atoms with Crippen LogP contribution in [-0.2, 0) is 14.4 Å². The number of fused-ring (bicyclic) bond motifs is 1. The van der Waals surface area contributed by atoms with Crippen molar-refractivity contribution in [2.24, 2.45) is 5.92 Å². The van der Waals surface area contributed by atoms with Gasteiger partial charge in [0, 0.05) is 0 Å². The smallest absolute Gasteiger partial charge is 0.266 e. The summed E-state index contributed by atoms with van der Waals surface area (Å²) in [5, 5.41) is 2.24. The molecule has 2 amide bonds. The zero-order valence-corrected chi connectivity index (χ0v) is 21.9. The topological polar surface area (TPSA) is 68.3 Å². The van der Waals surface area contributed by atoms with Gasteiger partial charge in [-0.15, -0.1) is 0 Å². The highest BCUT2D eigenvalue weighted by Crippen LogP contribution is 2.49. The van der Waals surface area contributed by atoms with Gasteiger partial charge in [0.25, 0.3) is 5.91 Å². The molecule has 7 nitrogen and oxygen atoms in total. The fourth-order valence-corrected chi connectivity index (χ4v) is 5.03. The lowest BCUT2D eigenvalue weighted by atomic mass is 9.90. The summed E-state index contributed by atoms with van der Waals surface area (Å²) in [6.45, 7) is 4.93. The molecule has 0 spiro atoms. The Kier molecular flexibility index (Phi) is 7.29. The minimum Gasteiger partial charge on any atom is -0.490 e. The first-order valence-corrected chi connectivity index (χ1v) is 12.9. The number of hydrogen-bond acceptors (Lipinski definition) is 6. The molecule has 2 saturated heterocycles.